The molecule has 0 unspecified atom stereocenters. The molecule has 1 nitrogen and oxygen atoms in total. The maximum atomic E-state index is 8.14. The molecule has 0 aromatic carbocycles. The van der Waals surface area contributed by atoms with E-state index in [0.29, 0.717) is 0 Å². The third kappa shape index (κ3) is 53.8. The minimum Gasteiger partial charge on any atom is 0 e. The van der Waals surface area contributed by atoms with Crippen LogP contribution in [0.4, 0.5) is 0 Å². The summed E-state index contributed by atoms with van der Waals surface area (Å²) >= 11 is 1.31. The van der Waals surface area contributed by atoms with E-state index in [2.05, 4.69) is 0 Å². The van der Waals surface area contributed by atoms with Crippen molar-refractivity contribution < 1.29 is 279 Å². The zero-order valence-electron chi connectivity index (χ0n) is 3.28. The first-order valence-corrected chi connectivity index (χ1v) is 0.840. The van der Waals surface area contributed by atoms with Gasteiger partial charge in [-0.25, -0.2) is 0 Å². The van der Waals surface area contributed by atoms with Crippen LogP contribution in [0.2, 0.25) is 0 Å². The van der Waals surface area contributed by atoms with E-state index in [1.165, 1.54) is 35.0 Å². The maximum Gasteiger partial charge on any atom is 0 e. The molecule has 0 bridgehead atoms. The van der Waals surface area contributed by atoms with Gasteiger partial charge in [-0.05, 0) is 0 Å². The Hall–Kier alpha value is 8.94. The summed E-state index contributed by atoms with van der Waals surface area (Å²) in [5.74, 6) is 0. The van der Waals surface area contributed by atoms with E-state index in [0.717, 1.165) is 0 Å². The maximum absolute atomic E-state index is 8.14. The van der Waals surface area contributed by atoms with Crippen LogP contribution in [0.3, 0.4) is 0 Å². The molecule has 0 N–H and O–H groups in total. The van der Waals surface area contributed by atoms with Gasteiger partial charge in [-0.3, -0.25) is 0 Å². The van der Waals surface area contributed by atoms with E-state index < -0.39 is 0 Å². The third-order valence-electron chi connectivity index (χ3n) is 0. The summed E-state index contributed by atoms with van der Waals surface area (Å²) in [5.41, 5.74) is 0. The van der Waals surface area contributed by atoms with Gasteiger partial charge in [0, 0.05) is 242 Å². The van der Waals surface area contributed by atoms with E-state index in [4.69, 9.17) is 1.54 Å². The van der Waals surface area contributed by atoms with Gasteiger partial charge in [0.05, 0.1) is 0 Å². The molecule has 0 aliphatic carbocycles. The average molecular weight is 1170 g/mol. The minimum atomic E-state index is 0. The van der Waals surface area contributed by atoms with Gasteiger partial charge in [-0.2, -0.15) is 0 Å². The van der Waals surface area contributed by atoms with Gasteiger partial charge in [-0.15, -0.1) is 0 Å². The Kier molecular flexibility index (Phi) is 397. The fourth-order valence-corrected chi connectivity index (χ4v) is 0. The van der Waals surface area contributed by atoms with Gasteiger partial charge in [0.1, 0.15) is 0 Å². The summed E-state index contributed by atoms with van der Waals surface area (Å²) in [5, 5.41) is 0. The smallest absolute Gasteiger partial charge is 0 e. The Bertz CT molecular complexity index is 33.2. The topological polar surface area (TPSA) is 17.1 Å². The van der Waals surface area contributed by atoms with Crippen molar-refractivity contribution in [3.63, 3.8) is 0 Å². The van der Waals surface area contributed by atoms with Crippen molar-refractivity contribution in [1.82, 2.24) is 0 Å². The summed E-state index contributed by atoms with van der Waals surface area (Å²) < 4.78 is 8.14. The minimum absolute atomic E-state index is 0. The molecule has 0 heterocycles. The molecule has 0 aromatic rings. The van der Waals surface area contributed by atoms with E-state index >= 15 is 0 Å². The Labute approximate surface area is 269 Å². The fourth-order valence-electron chi connectivity index (χ4n) is 0. The van der Waals surface area contributed by atoms with Crippen molar-refractivity contribution in [2.45, 2.75) is 0 Å². The summed E-state index contributed by atoms with van der Waals surface area (Å²) in [6.07, 6.45) is 0. The first-order chi connectivity index (χ1) is 1.00. The van der Waals surface area contributed by atoms with Crippen LogP contribution in [0, 0.1) is 227 Å². The monoisotopic (exact) mass is 1170 g/mol. The molecule has 0 aliphatic rings. The second-order valence-electron chi connectivity index (χ2n) is 0. The predicted molar refractivity (Wildman–Crippen MR) is 0.686 cm³/mol. The number of hydrogen-bond acceptors (Lipinski definition) is 1. The molecule has 0 rings (SSSR count). The first-order valence-electron chi connectivity index (χ1n) is 0.113. The largest absolute Gasteiger partial charge is 0 e. The first kappa shape index (κ1) is 61.7. The molecule has 10 heavy (non-hydrogen) atoms. The molecule has 0 amide bonds. The van der Waals surface area contributed by atoms with Crippen LogP contribution in [0.15, 0.2) is 0 Å². The van der Waals surface area contributed by atoms with Gasteiger partial charge in [0.2, 0.25) is 0 Å². The second kappa shape index (κ2) is 64.4. The average Bonchev–Trinajstić information content (AvgIpc) is 1.00. The van der Waals surface area contributed by atoms with Crippen molar-refractivity contribution in [1.29, 1.82) is 0 Å². The molecular weight excluding hydrogens is 1170 g/mol. The molecule has 0 atom stereocenters. The van der Waals surface area contributed by atoms with E-state index in [9.17, 15) is 0 Å². The van der Waals surface area contributed by atoms with Crippen LogP contribution >= 0.6 is 0 Å². The Morgan fingerprint density at radius 1 is 1.10 bits per heavy atom. The molecular formula is CoDyErFeGdHoNiOTbTm. The number of rotatable bonds is 0. The standard InChI is InChI=1S/Co.Dy.Er.Fe.Gd.Ho.Ni.O.Tb.Tm. The third-order valence-corrected chi connectivity index (χ3v) is 0. The Morgan fingerprint density at radius 2 is 1.10 bits per heavy atom. The summed E-state index contributed by atoms with van der Waals surface area (Å²) in [6, 6.07) is 0. The van der Waals surface area contributed by atoms with Crippen molar-refractivity contribution in [3.8, 4) is 0 Å². The second-order valence-corrected chi connectivity index (χ2v) is 0. The number of hydrogen-bond donors (Lipinski definition) is 0. The fraction of sp³-hybridized carbons (Fsp3) is 0. The van der Waals surface area contributed by atoms with Crippen LogP contribution in [0.1, 0.15) is 0 Å². The van der Waals surface area contributed by atoms with Crippen molar-refractivity contribution in [2.24, 2.45) is 0 Å². The zero-order chi connectivity index (χ0) is 2.00. The van der Waals surface area contributed by atoms with Gasteiger partial charge in [0.15, 0.2) is 0 Å². The van der Waals surface area contributed by atoms with E-state index in [-0.39, 0.29) is 242 Å². The normalized spacial score (nSPS) is 0.600. The van der Waals surface area contributed by atoms with Gasteiger partial charge in [-0.1, -0.05) is 0 Å². The van der Waals surface area contributed by atoms with Crippen LogP contribution in [0.25, 0.3) is 0 Å². The molecule has 3 radical (unpaired) electrons. The van der Waals surface area contributed by atoms with Crippen molar-refractivity contribution in [3.05, 3.63) is 0 Å². The molecule has 0 spiro atoms. The molecule has 0 aliphatic heterocycles. The van der Waals surface area contributed by atoms with Crippen molar-refractivity contribution in [2.75, 3.05) is 0 Å². The van der Waals surface area contributed by atoms with E-state index in [1.54, 1.807) is 0 Å². The zero-order valence-corrected chi connectivity index (χ0v) is 18.4. The van der Waals surface area contributed by atoms with Gasteiger partial charge < -0.3 is 0 Å². The molecule has 0 saturated carbocycles. The molecule has 0 saturated heterocycles. The molecule has 96 valence electrons. The summed E-state index contributed by atoms with van der Waals surface area (Å²) in [7, 11) is 0. The molecule has 10 heteroatoms. The summed E-state index contributed by atoms with van der Waals surface area (Å²) in [6.45, 7) is 0. The van der Waals surface area contributed by atoms with E-state index in [1.807, 2.05) is 0 Å². The van der Waals surface area contributed by atoms with Gasteiger partial charge in [0.25, 0.3) is 0 Å². The SMILES string of the molecule is [Co].[Dy].[Er].[Fe].[Gd].[Ho].[Ni].[O]=[Tm].[Tb]. The molecule has 0 aromatic heterocycles. The summed E-state index contributed by atoms with van der Waals surface area (Å²) in [4.78, 5) is 0. The van der Waals surface area contributed by atoms with Crippen LogP contribution in [0.5, 0.6) is 0 Å². The van der Waals surface area contributed by atoms with Gasteiger partial charge >= 0.3 is 36.6 Å². The van der Waals surface area contributed by atoms with Crippen LogP contribution < -0.4 is 0 Å². The van der Waals surface area contributed by atoms with Crippen molar-refractivity contribution >= 4 is 0 Å². The van der Waals surface area contributed by atoms with Crippen LogP contribution in [-0.4, -0.2) is 0 Å². The Morgan fingerprint density at radius 3 is 1.10 bits per heavy atom. The Balaban J connectivity index is -0.000000000179. The molecule has 0 fully saturated rings. The van der Waals surface area contributed by atoms with Crippen LogP contribution in [-0.2, 0) is 51.9 Å². The quantitative estimate of drug-likeness (QED) is 0.310. The predicted octanol–water partition coefficient (Wildman–Crippen LogP) is -0.126.